The smallest absolute Gasteiger partial charge is 0.273 e. The van der Waals surface area contributed by atoms with Gasteiger partial charge in [0.05, 0.1) is 0 Å². The quantitative estimate of drug-likeness (QED) is 0.845. The number of halogens is 2. The molecule has 1 aliphatic heterocycles. The second-order valence-electron chi connectivity index (χ2n) is 5.40. The summed E-state index contributed by atoms with van der Waals surface area (Å²) in [6.45, 7) is 3.43. The molecule has 1 aromatic carbocycles. The van der Waals surface area contributed by atoms with Crippen molar-refractivity contribution < 1.29 is 14.3 Å². The molecule has 0 saturated carbocycles. The van der Waals surface area contributed by atoms with Crippen LogP contribution >= 0.6 is 36.2 Å². The number of nitrogens with zero attached hydrogens (tertiary/aromatic N) is 2. The number of benzene rings is 1. The zero-order valence-corrected chi connectivity index (χ0v) is 16.4. The van der Waals surface area contributed by atoms with Crippen LogP contribution in [-0.2, 0) is 0 Å². The van der Waals surface area contributed by atoms with Crippen LogP contribution in [-0.4, -0.2) is 48.6 Å². The SMILES string of the molecule is CC(CN)N(C)C(=O)c1csc(-c2ccc3c(c2)OCCO3)n1.Cl.Cl. The molecule has 1 aromatic heterocycles. The summed E-state index contributed by atoms with van der Waals surface area (Å²) in [5.74, 6) is 1.33. The molecule has 2 N–H and O–H groups in total. The second-order valence-corrected chi connectivity index (χ2v) is 6.26. The van der Waals surface area contributed by atoms with E-state index in [0.29, 0.717) is 31.2 Å². The molecule has 0 fully saturated rings. The van der Waals surface area contributed by atoms with Crippen LogP contribution in [0.4, 0.5) is 0 Å². The minimum absolute atomic E-state index is 0. The molecular formula is C16H21Cl2N3O3S. The molecule has 0 radical (unpaired) electrons. The van der Waals surface area contributed by atoms with Crippen molar-refractivity contribution in [1.82, 2.24) is 9.88 Å². The van der Waals surface area contributed by atoms with E-state index in [4.69, 9.17) is 15.2 Å². The number of nitrogens with two attached hydrogens (primary N) is 1. The molecule has 9 heteroatoms. The summed E-state index contributed by atoms with van der Waals surface area (Å²) in [5.41, 5.74) is 6.96. The molecule has 6 nitrogen and oxygen atoms in total. The van der Waals surface area contributed by atoms with E-state index in [1.807, 2.05) is 25.1 Å². The van der Waals surface area contributed by atoms with Gasteiger partial charge in [0, 0.05) is 30.6 Å². The zero-order valence-electron chi connectivity index (χ0n) is 13.9. The molecule has 2 heterocycles. The molecule has 0 saturated heterocycles. The van der Waals surface area contributed by atoms with Crippen LogP contribution in [0.3, 0.4) is 0 Å². The fourth-order valence-corrected chi connectivity index (χ4v) is 3.01. The Morgan fingerprint density at radius 1 is 1.32 bits per heavy atom. The van der Waals surface area contributed by atoms with Gasteiger partial charge in [-0.1, -0.05) is 0 Å². The van der Waals surface area contributed by atoms with Gasteiger partial charge in [-0.3, -0.25) is 4.79 Å². The Morgan fingerprint density at radius 3 is 2.68 bits per heavy atom. The van der Waals surface area contributed by atoms with Gasteiger partial charge in [-0.2, -0.15) is 0 Å². The summed E-state index contributed by atoms with van der Waals surface area (Å²) in [6, 6.07) is 5.66. The van der Waals surface area contributed by atoms with Gasteiger partial charge in [0.25, 0.3) is 5.91 Å². The monoisotopic (exact) mass is 405 g/mol. The lowest BCUT2D eigenvalue weighted by Gasteiger charge is -2.22. The maximum atomic E-state index is 12.4. The molecule has 1 amide bonds. The Bertz CT molecular complexity index is 726. The lowest BCUT2D eigenvalue weighted by Crippen LogP contribution is -2.39. The lowest BCUT2D eigenvalue weighted by molar-refractivity contribution is 0.0743. The molecule has 0 aliphatic carbocycles. The molecule has 1 unspecified atom stereocenters. The van der Waals surface area contributed by atoms with E-state index in [0.717, 1.165) is 16.3 Å². The predicted molar refractivity (Wildman–Crippen MR) is 104 cm³/mol. The second kappa shape index (κ2) is 9.24. The number of fused-ring (bicyclic) bond motifs is 1. The van der Waals surface area contributed by atoms with Crippen LogP contribution in [0, 0.1) is 0 Å². The summed E-state index contributed by atoms with van der Waals surface area (Å²) in [4.78, 5) is 18.5. The van der Waals surface area contributed by atoms with Crippen LogP contribution < -0.4 is 15.2 Å². The highest BCUT2D eigenvalue weighted by Crippen LogP contribution is 2.35. The molecule has 3 rings (SSSR count). The van der Waals surface area contributed by atoms with E-state index in [1.54, 1.807) is 17.3 Å². The van der Waals surface area contributed by atoms with E-state index < -0.39 is 0 Å². The first-order valence-electron chi connectivity index (χ1n) is 7.43. The number of rotatable bonds is 4. The van der Waals surface area contributed by atoms with E-state index in [1.165, 1.54) is 11.3 Å². The van der Waals surface area contributed by atoms with Crippen LogP contribution in [0.5, 0.6) is 11.5 Å². The van der Waals surface area contributed by atoms with Gasteiger partial charge in [0.2, 0.25) is 0 Å². The fourth-order valence-electron chi connectivity index (χ4n) is 2.22. The van der Waals surface area contributed by atoms with Crippen molar-refractivity contribution in [3.8, 4) is 22.1 Å². The summed E-state index contributed by atoms with van der Waals surface area (Å²) in [7, 11) is 1.74. The lowest BCUT2D eigenvalue weighted by atomic mass is 10.2. The van der Waals surface area contributed by atoms with Crippen molar-refractivity contribution in [2.24, 2.45) is 5.73 Å². The highest BCUT2D eigenvalue weighted by molar-refractivity contribution is 7.13. The summed E-state index contributed by atoms with van der Waals surface area (Å²) >= 11 is 1.43. The molecule has 0 spiro atoms. The number of amides is 1. The Hall–Kier alpha value is -1.54. The highest BCUT2D eigenvalue weighted by atomic mass is 35.5. The van der Waals surface area contributed by atoms with Crippen molar-refractivity contribution in [2.75, 3.05) is 26.8 Å². The number of carbonyl (C=O) groups excluding carboxylic acids is 1. The Morgan fingerprint density at radius 2 is 2.00 bits per heavy atom. The predicted octanol–water partition coefficient (Wildman–Crippen LogP) is 2.84. The van der Waals surface area contributed by atoms with E-state index in [9.17, 15) is 4.79 Å². The van der Waals surface area contributed by atoms with Gasteiger partial charge >= 0.3 is 0 Å². The Labute approximate surface area is 163 Å². The summed E-state index contributed by atoms with van der Waals surface area (Å²) < 4.78 is 11.1. The number of likely N-dealkylation sites (N-methyl/N-ethyl adjacent to an activating group) is 1. The molecule has 1 aliphatic rings. The number of thiazole rings is 1. The zero-order chi connectivity index (χ0) is 16.4. The van der Waals surface area contributed by atoms with Gasteiger partial charge in [-0.05, 0) is 25.1 Å². The van der Waals surface area contributed by atoms with Gasteiger partial charge in [-0.15, -0.1) is 36.2 Å². The third-order valence-electron chi connectivity index (χ3n) is 3.84. The third-order valence-corrected chi connectivity index (χ3v) is 4.73. The van der Waals surface area contributed by atoms with Crippen molar-refractivity contribution in [1.29, 1.82) is 0 Å². The summed E-state index contributed by atoms with van der Waals surface area (Å²) in [6.07, 6.45) is 0. The van der Waals surface area contributed by atoms with Crippen LogP contribution in [0.1, 0.15) is 17.4 Å². The van der Waals surface area contributed by atoms with Crippen molar-refractivity contribution in [2.45, 2.75) is 13.0 Å². The van der Waals surface area contributed by atoms with E-state index >= 15 is 0 Å². The largest absolute Gasteiger partial charge is 0.486 e. The molecule has 1 atom stereocenters. The van der Waals surface area contributed by atoms with Crippen LogP contribution in [0.25, 0.3) is 10.6 Å². The molecule has 25 heavy (non-hydrogen) atoms. The van der Waals surface area contributed by atoms with Gasteiger partial charge in [0.15, 0.2) is 11.5 Å². The normalized spacial score (nSPS) is 13.2. The first kappa shape index (κ1) is 21.5. The average Bonchev–Trinajstić information content (AvgIpc) is 3.09. The first-order valence-corrected chi connectivity index (χ1v) is 8.31. The van der Waals surface area contributed by atoms with Crippen LogP contribution in [0.15, 0.2) is 23.6 Å². The minimum atomic E-state index is -0.122. The van der Waals surface area contributed by atoms with Crippen LogP contribution in [0.2, 0.25) is 0 Å². The average molecular weight is 406 g/mol. The first-order chi connectivity index (χ1) is 11.1. The summed E-state index contributed by atoms with van der Waals surface area (Å²) in [5, 5.41) is 2.55. The maximum Gasteiger partial charge on any atom is 0.273 e. The van der Waals surface area contributed by atoms with E-state index in [2.05, 4.69) is 4.98 Å². The van der Waals surface area contributed by atoms with Gasteiger partial charge in [-0.25, -0.2) is 4.98 Å². The molecule has 138 valence electrons. The van der Waals surface area contributed by atoms with Gasteiger partial charge < -0.3 is 20.1 Å². The van der Waals surface area contributed by atoms with Gasteiger partial charge in [0.1, 0.15) is 23.9 Å². The number of carbonyl (C=O) groups is 1. The standard InChI is InChI=1S/C16H19N3O3S.2ClH/c1-10(8-17)19(2)16(20)12-9-23-15(18-12)11-3-4-13-14(7-11)22-6-5-21-13;;/h3-4,7,9-10H,5-6,8,17H2,1-2H3;2*1H. The number of ether oxygens (including phenoxy) is 2. The Balaban J connectivity index is 0.00000156. The minimum Gasteiger partial charge on any atom is -0.486 e. The van der Waals surface area contributed by atoms with Crippen molar-refractivity contribution in [3.63, 3.8) is 0 Å². The number of aromatic nitrogens is 1. The number of hydrogen-bond acceptors (Lipinski definition) is 6. The Kier molecular flexibility index (Phi) is 7.95. The maximum absolute atomic E-state index is 12.4. The molecule has 0 bridgehead atoms. The van der Waals surface area contributed by atoms with E-state index in [-0.39, 0.29) is 36.8 Å². The molecule has 2 aromatic rings. The number of hydrogen-bond donors (Lipinski definition) is 1. The third kappa shape index (κ3) is 4.55. The van der Waals surface area contributed by atoms with Crippen molar-refractivity contribution >= 4 is 42.1 Å². The van der Waals surface area contributed by atoms with Crippen molar-refractivity contribution in [3.05, 3.63) is 29.3 Å². The topological polar surface area (TPSA) is 77.7 Å². The highest BCUT2D eigenvalue weighted by Gasteiger charge is 2.20. The molecular weight excluding hydrogens is 385 g/mol. The fraction of sp³-hybridized carbons (Fsp3) is 0.375.